The lowest BCUT2D eigenvalue weighted by atomic mass is 9.83. The number of halogens is 1. The van der Waals surface area contributed by atoms with E-state index < -0.39 is 43.8 Å². The summed E-state index contributed by atoms with van der Waals surface area (Å²) in [6, 6.07) is 20.9. The summed E-state index contributed by atoms with van der Waals surface area (Å²) in [6.45, 7) is -0.357. The van der Waals surface area contributed by atoms with Crippen molar-refractivity contribution in [2.24, 2.45) is 11.1 Å². The van der Waals surface area contributed by atoms with Crippen molar-refractivity contribution in [1.29, 1.82) is 0 Å². The van der Waals surface area contributed by atoms with Crippen molar-refractivity contribution < 1.29 is 22.8 Å². The maximum atomic E-state index is 13.8. The molecule has 2 aliphatic heterocycles. The number of fused-ring (bicyclic) bond motifs is 2. The predicted molar refractivity (Wildman–Crippen MR) is 160 cm³/mol. The second-order valence-electron chi connectivity index (χ2n) is 9.68. The van der Waals surface area contributed by atoms with Crippen LogP contribution < -0.4 is 20.2 Å². The minimum Gasteiger partial charge on any atom is -0.325 e. The molecule has 3 heterocycles. The van der Waals surface area contributed by atoms with E-state index in [4.69, 9.17) is 16.7 Å². The van der Waals surface area contributed by atoms with Gasteiger partial charge in [0.15, 0.2) is 0 Å². The summed E-state index contributed by atoms with van der Waals surface area (Å²) in [6.07, 6.45) is 0. The molecule has 2 aliphatic rings. The molecule has 0 spiro atoms. The van der Waals surface area contributed by atoms with Gasteiger partial charge in [-0.05, 0) is 54.1 Å². The van der Waals surface area contributed by atoms with Gasteiger partial charge in [0.05, 0.1) is 21.5 Å². The Bertz CT molecular complexity index is 1890. The standard InChI is InChI=1S/C28H21ClN4O6S3/c29-16-8-6-15(7-9-16)21-22-23(26(36)33(25(22)35)18-4-2-1-3-5-18)40-27-24(21)41-28(37)32(27)14-20(34)31-17-10-12-19(13-11-17)42(30,38)39/h1-13,21-23H,14H2,(H,31,34)(H2,30,38,39). The average Bonchev–Trinajstić information content (AvgIpc) is 3.40. The molecular weight excluding hydrogens is 620 g/mol. The second kappa shape index (κ2) is 10.8. The number of hydrogen-bond acceptors (Lipinski definition) is 8. The van der Waals surface area contributed by atoms with Crippen LogP contribution in [0.25, 0.3) is 0 Å². The number of thioether (sulfide) groups is 1. The highest BCUT2D eigenvalue weighted by Gasteiger charge is 2.56. The van der Waals surface area contributed by atoms with Crippen LogP contribution in [0.1, 0.15) is 16.4 Å². The van der Waals surface area contributed by atoms with Gasteiger partial charge in [-0.2, -0.15) is 0 Å². The van der Waals surface area contributed by atoms with Gasteiger partial charge in [-0.25, -0.2) is 18.5 Å². The molecule has 3 aromatic carbocycles. The van der Waals surface area contributed by atoms with Gasteiger partial charge >= 0.3 is 4.87 Å². The molecule has 0 radical (unpaired) electrons. The van der Waals surface area contributed by atoms with Gasteiger partial charge < -0.3 is 5.32 Å². The van der Waals surface area contributed by atoms with E-state index in [0.717, 1.165) is 28.7 Å². The van der Waals surface area contributed by atoms with Gasteiger partial charge in [0.1, 0.15) is 11.8 Å². The number of carbonyl (C=O) groups is 3. The summed E-state index contributed by atoms with van der Waals surface area (Å²) < 4.78 is 24.3. The van der Waals surface area contributed by atoms with Crippen molar-refractivity contribution in [3.05, 3.63) is 104 Å². The fourth-order valence-electron chi connectivity index (χ4n) is 5.19. The van der Waals surface area contributed by atoms with Crippen molar-refractivity contribution in [3.63, 3.8) is 0 Å². The third kappa shape index (κ3) is 5.07. The number of nitrogens with two attached hydrogens (primary N) is 1. The number of benzene rings is 3. The number of nitrogens with one attached hydrogen (secondary N) is 1. The first-order chi connectivity index (χ1) is 20.0. The van der Waals surface area contributed by atoms with E-state index in [1.807, 2.05) is 0 Å². The van der Waals surface area contributed by atoms with Crippen LogP contribution in [0.4, 0.5) is 11.4 Å². The zero-order chi connectivity index (χ0) is 29.8. The van der Waals surface area contributed by atoms with Crippen LogP contribution >= 0.6 is 34.7 Å². The molecule has 3 N–H and O–H groups in total. The van der Waals surface area contributed by atoms with Crippen LogP contribution in [0, 0.1) is 5.92 Å². The van der Waals surface area contributed by atoms with E-state index in [1.165, 1.54) is 33.7 Å². The molecule has 10 nitrogen and oxygen atoms in total. The second-order valence-corrected chi connectivity index (χ2v) is 13.8. The Hall–Kier alpha value is -3.75. The largest absolute Gasteiger partial charge is 0.325 e. The van der Waals surface area contributed by atoms with Gasteiger partial charge in [-0.15, -0.1) is 0 Å². The van der Waals surface area contributed by atoms with Gasteiger partial charge in [-0.3, -0.25) is 23.7 Å². The lowest BCUT2D eigenvalue weighted by Gasteiger charge is -2.30. The third-order valence-electron chi connectivity index (χ3n) is 7.06. The molecule has 1 fully saturated rings. The van der Waals surface area contributed by atoms with Crippen LogP contribution in [0.5, 0.6) is 0 Å². The van der Waals surface area contributed by atoms with Crippen molar-refractivity contribution in [2.75, 3.05) is 10.2 Å². The summed E-state index contributed by atoms with van der Waals surface area (Å²) in [5, 5.41) is 7.90. The highest BCUT2D eigenvalue weighted by atomic mass is 35.5. The number of thiazole rings is 1. The number of imide groups is 1. The number of sulfonamides is 1. The smallest absolute Gasteiger partial charge is 0.308 e. The lowest BCUT2D eigenvalue weighted by Crippen LogP contribution is -2.33. The van der Waals surface area contributed by atoms with Gasteiger partial charge in [0.25, 0.3) is 0 Å². The highest BCUT2D eigenvalue weighted by molar-refractivity contribution is 8.00. The molecule has 0 bridgehead atoms. The van der Waals surface area contributed by atoms with E-state index in [-0.39, 0.29) is 17.3 Å². The minimum absolute atomic E-state index is 0.108. The number of aromatic nitrogens is 1. The van der Waals surface area contributed by atoms with E-state index in [0.29, 0.717) is 26.3 Å². The molecule has 3 atom stereocenters. The monoisotopic (exact) mass is 640 g/mol. The topological polar surface area (TPSA) is 149 Å². The Morgan fingerprint density at radius 2 is 1.60 bits per heavy atom. The van der Waals surface area contributed by atoms with Crippen LogP contribution in [-0.2, 0) is 31.0 Å². The highest BCUT2D eigenvalue weighted by Crippen LogP contribution is 2.53. The minimum atomic E-state index is -3.89. The quantitative estimate of drug-likeness (QED) is 0.306. The van der Waals surface area contributed by atoms with Crippen molar-refractivity contribution in [1.82, 2.24) is 4.57 Å². The maximum Gasteiger partial charge on any atom is 0.308 e. The van der Waals surface area contributed by atoms with Crippen molar-refractivity contribution in [2.45, 2.75) is 27.6 Å². The van der Waals surface area contributed by atoms with Crippen molar-refractivity contribution in [3.8, 4) is 0 Å². The number of anilines is 2. The number of rotatable bonds is 6. The summed E-state index contributed by atoms with van der Waals surface area (Å²) in [4.78, 5) is 55.1. The fraction of sp³-hybridized carbons (Fsp3) is 0.143. The zero-order valence-electron chi connectivity index (χ0n) is 21.5. The SMILES string of the molecule is NS(=O)(=O)c1ccc(NC(=O)Cn2c3c(sc2=O)C(c2ccc(Cl)cc2)C2C(=O)N(c4ccccc4)C(=O)C2S3)cc1. The Morgan fingerprint density at radius 3 is 2.24 bits per heavy atom. The first kappa shape index (κ1) is 28.4. The van der Waals surface area contributed by atoms with Gasteiger partial charge in [0, 0.05) is 21.5 Å². The first-order valence-corrected chi connectivity index (χ1v) is 16.2. The Kier molecular flexibility index (Phi) is 7.31. The number of para-hydroxylation sites is 1. The van der Waals surface area contributed by atoms with Crippen molar-refractivity contribution >= 4 is 73.8 Å². The molecule has 1 saturated heterocycles. The van der Waals surface area contributed by atoms with E-state index in [2.05, 4.69) is 5.32 Å². The maximum absolute atomic E-state index is 13.8. The molecule has 214 valence electrons. The summed E-state index contributed by atoms with van der Waals surface area (Å²) in [7, 11) is -3.89. The Morgan fingerprint density at radius 1 is 0.929 bits per heavy atom. The van der Waals surface area contributed by atoms with Crippen LogP contribution in [0.15, 0.2) is 93.6 Å². The van der Waals surface area contributed by atoms with E-state index in [9.17, 15) is 27.6 Å². The van der Waals surface area contributed by atoms with E-state index >= 15 is 0 Å². The van der Waals surface area contributed by atoms with Gasteiger partial charge in [-0.1, -0.05) is 65.0 Å². The summed E-state index contributed by atoms with van der Waals surface area (Å²) in [5.41, 5.74) is 1.50. The molecule has 6 rings (SSSR count). The molecule has 1 aromatic heterocycles. The molecule has 0 saturated carbocycles. The van der Waals surface area contributed by atoms with Crippen LogP contribution in [-0.4, -0.2) is 36.0 Å². The molecule has 14 heteroatoms. The third-order valence-corrected chi connectivity index (χ3v) is 10.8. The summed E-state index contributed by atoms with van der Waals surface area (Å²) in [5.74, 6) is -2.67. The lowest BCUT2D eigenvalue weighted by molar-refractivity contribution is -0.122. The molecule has 0 aliphatic carbocycles. The molecule has 3 unspecified atom stereocenters. The Labute approximate surface area is 253 Å². The fourth-order valence-corrected chi connectivity index (χ4v) is 8.60. The zero-order valence-corrected chi connectivity index (χ0v) is 24.7. The number of hydrogen-bond donors (Lipinski definition) is 2. The van der Waals surface area contributed by atoms with Crippen LogP contribution in [0.3, 0.4) is 0 Å². The number of nitrogens with zero attached hydrogens (tertiary/aromatic N) is 2. The number of primary sulfonamides is 1. The first-order valence-electron chi connectivity index (χ1n) is 12.5. The summed E-state index contributed by atoms with van der Waals surface area (Å²) >= 11 is 8.19. The predicted octanol–water partition coefficient (Wildman–Crippen LogP) is 3.65. The molecule has 42 heavy (non-hydrogen) atoms. The average molecular weight is 641 g/mol. The van der Waals surface area contributed by atoms with Gasteiger partial charge in [0.2, 0.25) is 27.7 Å². The molecule has 4 aromatic rings. The molecular formula is C28H21ClN4O6S3. The van der Waals surface area contributed by atoms with Crippen LogP contribution in [0.2, 0.25) is 5.02 Å². The number of amides is 3. The Balaban J connectivity index is 1.36. The van der Waals surface area contributed by atoms with E-state index in [1.54, 1.807) is 54.6 Å². The molecule has 3 amide bonds. The number of carbonyl (C=O) groups excluding carboxylic acids is 3. The normalized spacial score (nSPS) is 19.9.